The molecule has 160 valence electrons. The largest absolute Gasteiger partial charge is 0.491 e. The Morgan fingerprint density at radius 3 is 2.69 bits per heavy atom. The van der Waals surface area contributed by atoms with Crippen molar-refractivity contribution in [1.29, 1.82) is 0 Å². The number of aliphatic hydroxyl groups is 1. The smallest absolute Gasteiger partial charge is 0.416 e. The maximum atomic E-state index is 12.7. The van der Waals surface area contributed by atoms with E-state index >= 15 is 0 Å². The molecule has 0 amide bonds. The second-order valence-corrected chi connectivity index (χ2v) is 6.32. The molecular formula is C19H25F3N4O3. The summed E-state index contributed by atoms with van der Waals surface area (Å²) in [4.78, 5) is 8.57. The number of guanidine groups is 1. The topological polar surface area (TPSA) is 91.9 Å². The molecule has 0 spiro atoms. The molecule has 29 heavy (non-hydrogen) atoms. The van der Waals surface area contributed by atoms with E-state index in [1.165, 1.54) is 12.1 Å². The molecule has 0 aliphatic rings. The first-order chi connectivity index (χ1) is 13.7. The highest BCUT2D eigenvalue weighted by atomic mass is 19.4. The Labute approximate surface area is 167 Å². The zero-order valence-electron chi connectivity index (χ0n) is 16.5. The predicted molar refractivity (Wildman–Crippen MR) is 102 cm³/mol. The molecule has 0 saturated carbocycles. The van der Waals surface area contributed by atoms with Crippen LogP contribution in [0.2, 0.25) is 0 Å². The highest BCUT2D eigenvalue weighted by Crippen LogP contribution is 2.31. The van der Waals surface area contributed by atoms with E-state index in [1.54, 1.807) is 0 Å². The summed E-state index contributed by atoms with van der Waals surface area (Å²) in [7, 11) is 0. The Kier molecular flexibility index (Phi) is 7.89. The van der Waals surface area contributed by atoms with Gasteiger partial charge in [0, 0.05) is 13.1 Å². The van der Waals surface area contributed by atoms with Gasteiger partial charge in [0.1, 0.15) is 30.8 Å². The number of nitrogens with one attached hydrogen (secondary N) is 2. The number of ether oxygens (including phenoxy) is 1. The highest BCUT2D eigenvalue weighted by Gasteiger charge is 2.30. The minimum absolute atomic E-state index is 0.0362. The monoisotopic (exact) mass is 414 g/mol. The number of aryl methyl sites for hydroxylation is 2. The summed E-state index contributed by atoms with van der Waals surface area (Å²) < 4.78 is 48.9. The summed E-state index contributed by atoms with van der Waals surface area (Å²) in [6, 6.07) is 4.51. The number of rotatable bonds is 8. The van der Waals surface area contributed by atoms with Gasteiger partial charge in [-0.25, -0.2) is 9.98 Å². The van der Waals surface area contributed by atoms with Crippen molar-refractivity contribution >= 4 is 5.96 Å². The molecule has 7 nitrogen and oxygen atoms in total. The maximum absolute atomic E-state index is 12.7. The Morgan fingerprint density at radius 1 is 1.31 bits per heavy atom. The molecule has 1 aromatic carbocycles. The van der Waals surface area contributed by atoms with Crippen LogP contribution in [-0.2, 0) is 12.7 Å². The Morgan fingerprint density at radius 2 is 2.07 bits per heavy atom. The molecule has 2 aromatic rings. The van der Waals surface area contributed by atoms with Gasteiger partial charge in [0.05, 0.1) is 11.3 Å². The number of hydrogen-bond acceptors (Lipinski definition) is 5. The van der Waals surface area contributed by atoms with E-state index in [2.05, 4.69) is 20.6 Å². The zero-order valence-corrected chi connectivity index (χ0v) is 16.5. The molecule has 1 atom stereocenters. The Balaban J connectivity index is 1.85. The lowest BCUT2D eigenvalue weighted by atomic mass is 10.2. The van der Waals surface area contributed by atoms with E-state index in [-0.39, 0.29) is 25.4 Å². The summed E-state index contributed by atoms with van der Waals surface area (Å²) in [6.07, 6.45) is -5.41. The number of hydrogen-bond donors (Lipinski definition) is 3. The fourth-order valence-electron chi connectivity index (χ4n) is 2.32. The van der Waals surface area contributed by atoms with Gasteiger partial charge in [0.2, 0.25) is 5.89 Å². The van der Waals surface area contributed by atoms with Crippen molar-refractivity contribution < 1.29 is 27.4 Å². The van der Waals surface area contributed by atoms with E-state index in [4.69, 9.17) is 9.15 Å². The van der Waals surface area contributed by atoms with Crippen molar-refractivity contribution in [2.45, 2.75) is 39.6 Å². The van der Waals surface area contributed by atoms with Crippen molar-refractivity contribution in [2.75, 3.05) is 19.7 Å². The number of aromatic nitrogens is 1. The van der Waals surface area contributed by atoms with Crippen LogP contribution in [0, 0.1) is 13.8 Å². The van der Waals surface area contributed by atoms with Crippen molar-refractivity contribution in [3.63, 3.8) is 0 Å². The van der Waals surface area contributed by atoms with Crippen LogP contribution in [0.3, 0.4) is 0 Å². The zero-order chi connectivity index (χ0) is 21.4. The first-order valence-corrected chi connectivity index (χ1v) is 9.12. The summed E-state index contributed by atoms with van der Waals surface area (Å²) in [5.41, 5.74) is -0.00323. The second-order valence-electron chi connectivity index (χ2n) is 6.32. The van der Waals surface area contributed by atoms with Crippen LogP contribution in [-0.4, -0.2) is 41.9 Å². The molecule has 2 rings (SSSR count). The number of nitrogens with zero attached hydrogens (tertiary/aromatic N) is 2. The minimum atomic E-state index is -4.45. The van der Waals surface area contributed by atoms with E-state index < -0.39 is 17.8 Å². The van der Waals surface area contributed by atoms with Crippen molar-refractivity contribution in [1.82, 2.24) is 15.6 Å². The van der Waals surface area contributed by atoms with Gasteiger partial charge in [-0.15, -0.1) is 0 Å². The molecule has 3 N–H and O–H groups in total. The van der Waals surface area contributed by atoms with Gasteiger partial charge in [-0.3, -0.25) is 0 Å². The van der Waals surface area contributed by atoms with Gasteiger partial charge >= 0.3 is 6.18 Å². The van der Waals surface area contributed by atoms with Crippen LogP contribution in [0.5, 0.6) is 5.75 Å². The predicted octanol–water partition coefficient (Wildman–Crippen LogP) is 2.81. The molecular weight excluding hydrogens is 389 g/mol. The average molecular weight is 414 g/mol. The van der Waals surface area contributed by atoms with Gasteiger partial charge in [0.25, 0.3) is 0 Å². The van der Waals surface area contributed by atoms with Gasteiger partial charge in [-0.05, 0) is 39.0 Å². The van der Waals surface area contributed by atoms with Gasteiger partial charge in [-0.1, -0.05) is 6.07 Å². The fourth-order valence-corrected chi connectivity index (χ4v) is 2.32. The van der Waals surface area contributed by atoms with Gasteiger partial charge in [0.15, 0.2) is 5.96 Å². The summed E-state index contributed by atoms with van der Waals surface area (Å²) in [6.45, 7) is 6.30. The lowest BCUT2D eigenvalue weighted by Crippen LogP contribution is -2.42. The quantitative estimate of drug-likeness (QED) is 0.455. The lowest BCUT2D eigenvalue weighted by molar-refractivity contribution is -0.137. The summed E-state index contributed by atoms with van der Waals surface area (Å²) >= 11 is 0. The first-order valence-electron chi connectivity index (χ1n) is 9.12. The van der Waals surface area contributed by atoms with Gasteiger partial charge < -0.3 is 24.9 Å². The Hall–Kier alpha value is -2.75. The second kappa shape index (κ2) is 10.1. The third-order valence-corrected chi connectivity index (χ3v) is 3.90. The van der Waals surface area contributed by atoms with Crippen LogP contribution in [0.15, 0.2) is 33.7 Å². The SMILES string of the molecule is CCNC(=NCc1nc(C)c(C)o1)NCC(O)COc1cccc(C(F)(F)F)c1. The molecule has 0 bridgehead atoms. The molecule has 10 heteroatoms. The molecule has 0 aliphatic heterocycles. The average Bonchev–Trinajstić information content (AvgIpc) is 2.99. The van der Waals surface area contributed by atoms with Crippen molar-refractivity contribution in [3.05, 3.63) is 47.2 Å². The fraction of sp³-hybridized carbons (Fsp3) is 0.474. The van der Waals surface area contributed by atoms with Crippen LogP contribution in [0.1, 0.15) is 29.8 Å². The van der Waals surface area contributed by atoms with Crippen molar-refractivity contribution in [2.24, 2.45) is 4.99 Å². The van der Waals surface area contributed by atoms with E-state index in [1.807, 2.05) is 20.8 Å². The lowest BCUT2D eigenvalue weighted by Gasteiger charge is -2.16. The van der Waals surface area contributed by atoms with Crippen LogP contribution < -0.4 is 15.4 Å². The van der Waals surface area contributed by atoms with Crippen LogP contribution in [0.4, 0.5) is 13.2 Å². The Bertz CT molecular complexity index is 802. The minimum Gasteiger partial charge on any atom is -0.491 e. The first kappa shape index (κ1) is 22.5. The number of aliphatic hydroxyl groups excluding tert-OH is 1. The number of benzene rings is 1. The number of alkyl halides is 3. The molecule has 0 radical (unpaired) electrons. The number of halogens is 3. The van der Waals surface area contributed by atoms with Crippen LogP contribution in [0.25, 0.3) is 0 Å². The van der Waals surface area contributed by atoms with E-state index in [0.717, 1.165) is 23.6 Å². The third-order valence-electron chi connectivity index (χ3n) is 3.90. The molecule has 0 aliphatic carbocycles. The molecule has 1 heterocycles. The molecule has 1 aromatic heterocycles. The van der Waals surface area contributed by atoms with Crippen molar-refractivity contribution in [3.8, 4) is 5.75 Å². The summed E-state index contributed by atoms with van der Waals surface area (Å²) in [5, 5.41) is 16.0. The third kappa shape index (κ3) is 7.30. The molecule has 0 saturated heterocycles. The number of aliphatic imine (C=N–C) groups is 1. The maximum Gasteiger partial charge on any atom is 0.416 e. The number of oxazole rings is 1. The van der Waals surface area contributed by atoms with Gasteiger partial charge in [-0.2, -0.15) is 13.2 Å². The highest BCUT2D eigenvalue weighted by molar-refractivity contribution is 5.79. The normalized spacial score (nSPS) is 13.3. The van der Waals surface area contributed by atoms with Crippen LogP contribution >= 0.6 is 0 Å². The summed E-state index contributed by atoms with van der Waals surface area (Å²) in [5.74, 6) is 1.69. The molecule has 1 unspecified atom stereocenters. The van der Waals surface area contributed by atoms with E-state index in [0.29, 0.717) is 18.4 Å². The standard InChI is InChI=1S/C19H25F3N4O3/c1-4-23-18(25-10-17-26-12(2)13(3)29-17)24-9-15(27)11-28-16-7-5-6-14(8-16)19(20,21)22/h5-8,15,27H,4,9-11H2,1-3H3,(H2,23,24,25). The van der Waals surface area contributed by atoms with E-state index in [9.17, 15) is 18.3 Å². The molecule has 0 fully saturated rings.